The lowest BCUT2D eigenvalue weighted by Gasteiger charge is -2.10. The average Bonchev–Trinajstić information content (AvgIpc) is 2.24. The summed E-state index contributed by atoms with van der Waals surface area (Å²) in [4.78, 5) is 10.4. The van der Waals surface area contributed by atoms with Crippen molar-refractivity contribution in [1.82, 2.24) is 0 Å². The summed E-state index contributed by atoms with van der Waals surface area (Å²) in [6.45, 7) is 3.51. The molecule has 1 aromatic carbocycles. The van der Waals surface area contributed by atoms with E-state index >= 15 is 0 Å². The number of benzene rings is 1. The van der Waals surface area contributed by atoms with Gasteiger partial charge in [-0.25, -0.2) is 8.42 Å². The van der Waals surface area contributed by atoms with Crippen molar-refractivity contribution in [3.63, 3.8) is 0 Å². The van der Waals surface area contributed by atoms with Crippen LogP contribution in [-0.2, 0) is 9.05 Å². The SMILES string of the molecule is Cc1cc(C)c(OCCCS(=O)(=O)Cl)c([N+](=O)[O-])c1. The van der Waals surface area contributed by atoms with Gasteiger partial charge in [0.1, 0.15) is 0 Å². The second-order valence-electron chi connectivity index (χ2n) is 4.13. The molecular weight excluding hydrogens is 294 g/mol. The molecule has 0 spiro atoms. The van der Waals surface area contributed by atoms with E-state index in [9.17, 15) is 18.5 Å². The summed E-state index contributed by atoms with van der Waals surface area (Å²) in [5, 5.41) is 10.9. The minimum atomic E-state index is -3.56. The van der Waals surface area contributed by atoms with Crippen LogP contribution in [0.5, 0.6) is 5.75 Å². The highest BCUT2D eigenvalue weighted by Gasteiger charge is 2.18. The Morgan fingerprint density at radius 3 is 2.53 bits per heavy atom. The molecule has 1 aromatic rings. The van der Waals surface area contributed by atoms with E-state index in [0.717, 1.165) is 5.56 Å². The fourth-order valence-corrected chi connectivity index (χ4v) is 2.45. The lowest BCUT2D eigenvalue weighted by Crippen LogP contribution is -2.07. The van der Waals surface area contributed by atoms with Crippen LogP contribution in [0.25, 0.3) is 0 Å². The number of aryl methyl sites for hydroxylation is 2. The van der Waals surface area contributed by atoms with E-state index < -0.39 is 14.0 Å². The second-order valence-corrected chi connectivity index (χ2v) is 7.03. The Morgan fingerprint density at radius 1 is 1.37 bits per heavy atom. The fraction of sp³-hybridized carbons (Fsp3) is 0.455. The zero-order valence-corrected chi connectivity index (χ0v) is 12.1. The zero-order chi connectivity index (χ0) is 14.6. The summed E-state index contributed by atoms with van der Waals surface area (Å²) in [7, 11) is 1.49. The van der Waals surface area contributed by atoms with Crippen LogP contribution in [0.15, 0.2) is 12.1 Å². The van der Waals surface area contributed by atoms with Gasteiger partial charge in [-0.1, -0.05) is 6.07 Å². The molecule has 8 heteroatoms. The molecule has 0 aromatic heterocycles. The Bertz CT molecular complexity index is 585. The Hall–Kier alpha value is -1.34. The van der Waals surface area contributed by atoms with E-state index in [1.807, 2.05) is 0 Å². The maximum atomic E-state index is 10.9. The van der Waals surface area contributed by atoms with Gasteiger partial charge in [-0.3, -0.25) is 10.1 Å². The Kier molecular flexibility index (Phi) is 5.13. The van der Waals surface area contributed by atoms with Crippen molar-refractivity contribution >= 4 is 25.4 Å². The minimum absolute atomic E-state index is 0.0523. The molecule has 0 amide bonds. The van der Waals surface area contributed by atoms with Crippen molar-refractivity contribution in [3.05, 3.63) is 33.4 Å². The number of rotatable bonds is 6. The predicted octanol–water partition coefficient (Wildman–Crippen LogP) is 2.55. The van der Waals surface area contributed by atoms with Crippen molar-refractivity contribution in [3.8, 4) is 5.75 Å². The van der Waals surface area contributed by atoms with Gasteiger partial charge in [0.2, 0.25) is 9.05 Å². The van der Waals surface area contributed by atoms with Crippen LogP contribution in [0.2, 0.25) is 0 Å². The van der Waals surface area contributed by atoms with Gasteiger partial charge in [-0.05, 0) is 31.4 Å². The number of nitrogens with zero attached hydrogens (tertiary/aromatic N) is 1. The number of nitro benzene ring substituents is 1. The molecule has 0 aliphatic carbocycles. The van der Waals surface area contributed by atoms with E-state index in [1.54, 1.807) is 19.9 Å². The number of halogens is 1. The van der Waals surface area contributed by atoms with Crippen LogP contribution >= 0.6 is 10.7 Å². The maximum absolute atomic E-state index is 10.9. The van der Waals surface area contributed by atoms with E-state index in [-0.39, 0.29) is 30.2 Å². The number of hydrogen-bond acceptors (Lipinski definition) is 5. The van der Waals surface area contributed by atoms with E-state index in [2.05, 4.69) is 0 Å². The van der Waals surface area contributed by atoms with Gasteiger partial charge < -0.3 is 4.74 Å². The summed E-state index contributed by atoms with van der Waals surface area (Å²) in [6.07, 6.45) is 0.177. The third-order valence-corrected chi connectivity index (χ3v) is 3.61. The van der Waals surface area contributed by atoms with Gasteiger partial charge >= 0.3 is 5.69 Å². The van der Waals surface area contributed by atoms with Crippen LogP contribution in [-0.4, -0.2) is 25.7 Å². The highest BCUT2D eigenvalue weighted by molar-refractivity contribution is 8.13. The third-order valence-electron chi connectivity index (χ3n) is 2.37. The molecule has 0 fully saturated rings. The summed E-state index contributed by atoms with van der Waals surface area (Å²) >= 11 is 0. The van der Waals surface area contributed by atoms with E-state index in [0.29, 0.717) is 5.56 Å². The highest BCUT2D eigenvalue weighted by atomic mass is 35.7. The molecule has 0 aliphatic heterocycles. The van der Waals surface area contributed by atoms with Gasteiger partial charge in [0.15, 0.2) is 5.75 Å². The maximum Gasteiger partial charge on any atom is 0.311 e. The van der Waals surface area contributed by atoms with E-state index in [1.165, 1.54) is 6.07 Å². The molecule has 0 N–H and O–H groups in total. The number of hydrogen-bond donors (Lipinski definition) is 0. The first-order chi connectivity index (χ1) is 8.70. The third kappa shape index (κ3) is 5.04. The molecule has 0 heterocycles. The van der Waals surface area contributed by atoms with Gasteiger partial charge in [0, 0.05) is 16.7 Å². The van der Waals surface area contributed by atoms with Crippen molar-refractivity contribution in [1.29, 1.82) is 0 Å². The van der Waals surface area contributed by atoms with Crippen LogP contribution in [0.1, 0.15) is 17.5 Å². The van der Waals surface area contributed by atoms with Crippen LogP contribution in [0.4, 0.5) is 5.69 Å². The standard InChI is InChI=1S/C11H14ClNO5S/c1-8-6-9(2)11(10(7-8)13(14)15)18-4-3-5-19(12,16)17/h6-7H,3-5H2,1-2H3. The Labute approximate surface area is 115 Å². The zero-order valence-electron chi connectivity index (χ0n) is 10.6. The first-order valence-electron chi connectivity index (χ1n) is 5.51. The molecule has 0 radical (unpaired) electrons. The molecule has 19 heavy (non-hydrogen) atoms. The Balaban J connectivity index is 2.80. The smallest absolute Gasteiger partial charge is 0.311 e. The first-order valence-corrected chi connectivity index (χ1v) is 7.99. The highest BCUT2D eigenvalue weighted by Crippen LogP contribution is 2.32. The average molecular weight is 308 g/mol. The Morgan fingerprint density at radius 2 is 2.00 bits per heavy atom. The predicted molar refractivity (Wildman–Crippen MR) is 72.3 cm³/mol. The van der Waals surface area contributed by atoms with Gasteiger partial charge in [-0.2, -0.15) is 0 Å². The molecule has 6 nitrogen and oxygen atoms in total. The molecule has 0 saturated carbocycles. The first kappa shape index (κ1) is 15.7. The van der Waals surface area contributed by atoms with Crippen LogP contribution in [0, 0.1) is 24.0 Å². The summed E-state index contributed by atoms with van der Waals surface area (Å²) in [5.41, 5.74) is 1.28. The lowest BCUT2D eigenvalue weighted by molar-refractivity contribution is -0.386. The normalized spacial score (nSPS) is 11.3. The second kappa shape index (κ2) is 6.21. The van der Waals surface area contributed by atoms with E-state index in [4.69, 9.17) is 15.4 Å². The quantitative estimate of drug-likeness (QED) is 0.349. The van der Waals surface area contributed by atoms with Crippen molar-refractivity contribution in [2.45, 2.75) is 20.3 Å². The van der Waals surface area contributed by atoms with Crippen LogP contribution in [0.3, 0.4) is 0 Å². The molecule has 1 rings (SSSR count). The molecule has 0 saturated heterocycles. The van der Waals surface area contributed by atoms with Crippen molar-refractivity contribution in [2.75, 3.05) is 12.4 Å². The van der Waals surface area contributed by atoms with Gasteiger partial charge in [0.05, 0.1) is 17.3 Å². The molecule has 0 unspecified atom stereocenters. The molecule has 0 bridgehead atoms. The summed E-state index contributed by atoms with van der Waals surface area (Å²) < 4.78 is 26.8. The molecular formula is C11H14ClNO5S. The van der Waals surface area contributed by atoms with Gasteiger partial charge in [-0.15, -0.1) is 0 Å². The van der Waals surface area contributed by atoms with Crippen LogP contribution < -0.4 is 4.74 Å². The summed E-state index contributed by atoms with van der Waals surface area (Å²) in [5.74, 6) is -0.0599. The molecule has 0 atom stereocenters. The largest absolute Gasteiger partial charge is 0.487 e. The van der Waals surface area contributed by atoms with Crippen molar-refractivity contribution < 1.29 is 18.1 Å². The molecule has 106 valence electrons. The number of ether oxygens (including phenoxy) is 1. The lowest BCUT2D eigenvalue weighted by atomic mass is 10.1. The van der Waals surface area contributed by atoms with Gasteiger partial charge in [0.25, 0.3) is 0 Å². The minimum Gasteiger partial charge on any atom is -0.487 e. The fourth-order valence-electron chi connectivity index (χ4n) is 1.66. The number of nitro groups is 1. The van der Waals surface area contributed by atoms with Crippen molar-refractivity contribution in [2.24, 2.45) is 0 Å². The topological polar surface area (TPSA) is 86.5 Å². The monoisotopic (exact) mass is 307 g/mol. The summed E-state index contributed by atoms with van der Waals surface area (Å²) in [6, 6.07) is 3.18. The molecule has 0 aliphatic rings.